The molecule has 1 N–H and O–H groups in total. The summed E-state index contributed by atoms with van der Waals surface area (Å²) >= 11 is 13.2. The second kappa shape index (κ2) is 9.25. The van der Waals surface area contributed by atoms with Gasteiger partial charge in [-0.05, 0) is 37.3 Å². The lowest BCUT2D eigenvalue weighted by molar-refractivity contribution is -0.384. The standard InChI is InChI=1S/C18H15Cl2N5O3S/c1-2-24-17(11-3-5-12(19)6-4-11)22-23-18(24)29-10-16(26)21-15-8-7-13(25(27)28)9-14(15)20/h3-9H,2,10H2,1H3,(H,21,26). The average molecular weight is 452 g/mol. The van der Waals surface area contributed by atoms with Crippen molar-refractivity contribution in [1.82, 2.24) is 14.8 Å². The van der Waals surface area contributed by atoms with E-state index in [9.17, 15) is 14.9 Å². The van der Waals surface area contributed by atoms with Crippen LogP contribution < -0.4 is 5.32 Å². The lowest BCUT2D eigenvalue weighted by Crippen LogP contribution is -2.15. The number of aromatic nitrogens is 3. The Balaban J connectivity index is 1.68. The number of nitro groups is 1. The van der Waals surface area contributed by atoms with Crippen LogP contribution in [0.3, 0.4) is 0 Å². The van der Waals surface area contributed by atoms with Crippen LogP contribution in [0.2, 0.25) is 10.0 Å². The number of hydrogen-bond acceptors (Lipinski definition) is 6. The molecule has 150 valence electrons. The van der Waals surface area contributed by atoms with Gasteiger partial charge < -0.3 is 9.88 Å². The Kier molecular flexibility index (Phi) is 6.73. The van der Waals surface area contributed by atoms with Gasteiger partial charge in [0.05, 0.1) is 21.4 Å². The first-order valence-corrected chi connectivity index (χ1v) is 10.2. The summed E-state index contributed by atoms with van der Waals surface area (Å²) < 4.78 is 1.90. The minimum atomic E-state index is -0.552. The predicted octanol–water partition coefficient (Wildman–Crippen LogP) is 4.91. The minimum absolute atomic E-state index is 0.0755. The number of hydrogen-bond donors (Lipinski definition) is 1. The maximum Gasteiger partial charge on any atom is 0.271 e. The van der Waals surface area contributed by atoms with Crippen molar-refractivity contribution in [1.29, 1.82) is 0 Å². The van der Waals surface area contributed by atoms with Crippen LogP contribution in [0.25, 0.3) is 11.4 Å². The molecule has 0 aliphatic heterocycles. The van der Waals surface area contributed by atoms with Gasteiger partial charge in [-0.15, -0.1) is 10.2 Å². The van der Waals surface area contributed by atoms with Crippen LogP contribution in [0.1, 0.15) is 6.92 Å². The Morgan fingerprint density at radius 2 is 1.93 bits per heavy atom. The molecule has 11 heteroatoms. The highest BCUT2D eigenvalue weighted by molar-refractivity contribution is 7.99. The van der Waals surface area contributed by atoms with Gasteiger partial charge in [0.1, 0.15) is 0 Å². The Bertz CT molecular complexity index is 1060. The highest BCUT2D eigenvalue weighted by Gasteiger charge is 2.16. The van der Waals surface area contributed by atoms with Gasteiger partial charge >= 0.3 is 0 Å². The summed E-state index contributed by atoms with van der Waals surface area (Å²) in [4.78, 5) is 22.5. The first kappa shape index (κ1) is 21.1. The van der Waals surface area contributed by atoms with Crippen LogP contribution in [0.5, 0.6) is 0 Å². The van der Waals surface area contributed by atoms with E-state index in [4.69, 9.17) is 23.2 Å². The van der Waals surface area contributed by atoms with Gasteiger partial charge in [0.2, 0.25) is 5.91 Å². The number of halogens is 2. The molecule has 29 heavy (non-hydrogen) atoms. The third-order valence-electron chi connectivity index (χ3n) is 3.91. The zero-order valence-electron chi connectivity index (χ0n) is 15.1. The molecule has 0 bridgehead atoms. The molecule has 8 nitrogen and oxygen atoms in total. The zero-order chi connectivity index (χ0) is 21.0. The predicted molar refractivity (Wildman–Crippen MR) is 114 cm³/mol. The average Bonchev–Trinajstić information content (AvgIpc) is 3.11. The molecule has 0 saturated carbocycles. The van der Waals surface area contributed by atoms with Gasteiger partial charge in [-0.3, -0.25) is 14.9 Å². The molecule has 0 saturated heterocycles. The van der Waals surface area contributed by atoms with E-state index in [1.54, 1.807) is 12.1 Å². The molecule has 3 aromatic rings. The number of amides is 1. The number of thioether (sulfide) groups is 1. The number of nitrogens with zero attached hydrogens (tertiary/aromatic N) is 4. The highest BCUT2D eigenvalue weighted by atomic mass is 35.5. The molecular formula is C18H15Cl2N5O3S. The Morgan fingerprint density at radius 3 is 2.55 bits per heavy atom. The molecule has 1 amide bonds. The summed E-state index contributed by atoms with van der Waals surface area (Å²) in [5.41, 5.74) is 1.03. The van der Waals surface area contributed by atoms with Gasteiger partial charge in [0.25, 0.3) is 5.69 Å². The maximum atomic E-state index is 12.3. The van der Waals surface area contributed by atoms with Crippen LogP contribution in [-0.4, -0.2) is 31.3 Å². The van der Waals surface area contributed by atoms with Crippen molar-refractivity contribution >= 4 is 52.2 Å². The smallest absolute Gasteiger partial charge is 0.271 e. The molecule has 0 aliphatic rings. The molecule has 0 atom stereocenters. The fourth-order valence-corrected chi connectivity index (χ4v) is 3.68. The lowest BCUT2D eigenvalue weighted by atomic mass is 10.2. The third kappa shape index (κ3) is 5.06. The van der Waals surface area contributed by atoms with Gasteiger partial charge in [0, 0.05) is 29.3 Å². The molecule has 0 unspecified atom stereocenters. The molecule has 1 aromatic heterocycles. The van der Waals surface area contributed by atoms with Gasteiger partial charge in [0.15, 0.2) is 11.0 Å². The summed E-state index contributed by atoms with van der Waals surface area (Å²) in [5.74, 6) is 0.446. The van der Waals surface area contributed by atoms with Gasteiger partial charge in [-0.2, -0.15) is 0 Å². The number of nitrogens with one attached hydrogen (secondary N) is 1. The summed E-state index contributed by atoms with van der Waals surface area (Å²) in [5, 5.41) is 23.1. The molecule has 0 radical (unpaired) electrons. The molecule has 3 rings (SSSR count). The van der Waals surface area contributed by atoms with Crippen molar-refractivity contribution < 1.29 is 9.72 Å². The Labute approximate surface area is 180 Å². The highest BCUT2D eigenvalue weighted by Crippen LogP contribution is 2.28. The van der Waals surface area contributed by atoms with Crippen molar-refractivity contribution in [3.05, 3.63) is 62.6 Å². The van der Waals surface area contributed by atoms with Crippen LogP contribution >= 0.6 is 35.0 Å². The van der Waals surface area contributed by atoms with E-state index < -0.39 is 4.92 Å². The van der Waals surface area contributed by atoms with Crippen LogP contribution in [0.15, 0.2) is 47.6 Å². The number of rotatable bonds is 7. The number of nitro benzene ring substituents is 1. The fraction of sp³-hybridized carbons (Fsp3) is 0.167. The van der Waals surface area contributed by atoms with Crippen molar-refractivity contribution in [3.8, 4) is 11.4 Å². The summed E-state index contributed by atoms with van der Waals surface area (Å²) in [6.07, 6.45) is 0. The summed E-state index contributed by atoms with van der Waals surface area (Å²) in [6.45, 7) is 2.59. The normalized spacial score (nSPS) is 10.7. The van der Waals surface area contributed by atoms with Crippen LogP contribution in [0.4, 0.5) is 11.4 Å². The van der Waals surface area contributed by atoms with Gasteiger partial charge in [-0.25, -0.2) is 0 Å². The van der Waals surface area contributed by atoms with E-state index in [1.165, 1.54) is 30.0 Å². The second-order valence-corrected chi connectivity index (χ2v) is 7.60. The molecule has 0 aliphatic carbocycles. The molecular weight excluding hydrogens is 437 g/mol. The number of carbonyl (C=O) groups excluding carboxylic acids is 1. The van der Waals surface area contributed by atoms with E-state index in [2.05, 4.69) is 15.5 Å². The van der Waals surface area contributed by atoms with E-state index in [-0.39, 0.29) is 22.4 Å². The van der Waals surface area contributed by atoms with E-state index in [0.29, 0.717) is 28.2 Å². The van der Waals surface area contributed by atoms with Crippen molar-refractivity contribution in [2.45, 2.75) is 18.6 Å². The topological polar surface area (TPSA) is 103 Å². The van der Waals surface area contributed by atoms with E-state index in [1.807, 2.05) is 23.6 Å². The molecule has 0 fully saturated rings. The molecule has 1 heterocycles. The maximum absolute atomic E-state index is 12.3. The lowest BCUT2D eigenvalue weighted by Gasteiger charge is -2.09. The summed E-state index contributed by atoms with van der Waals surface area (Å²) in [6, 6.07) is 11.1. The molecule has 0 spiro atoms. The zero-order valence-corrected chi connectivity index (χ0v) is 17.5. The number of anilines is 1. The van der Waals surface area contributed by atoms with Gasteiger partial charge in [-0.1, -0.05) is 35.0 Å². The van der Waals surface area contributed by atoms with E-state index >= 15 is 0 Å². The van der Waals surface area contributed by atoms with Crippen LogP contribution in [0, 0.1) is 10.1 Å². The SMILES string of the molecule is CCn1c(SCC(=O)Nc2ccc([N+](=O)[O-])cc2Cl)nnc1-c1ccc(Cl)cc1. The first-order valence-electron chi connectivity index (χ1n) is 8.44. The van der Waals surface area contributed by atoms with Crippen LogP contribution in [-0.2, 0) is 11.3 Å². The fourth-order valence-electron chi connectivity index (χ4n) is 2.53. The first-order chi connectivity index (χ1) is 13.9. The van der Waals surface area contributed by atoms with Crippen molar-refractivity contribution in [3.63, 3.8) is 0 Å². The van der Waals surface area contributed by atoms with Crippen molar-refractivity contribution in [2.75, 3.05) is 11.1 Å². The summed E-state index contributed by atoms with van der Waals surface area (Å²) in [7, 11) is 0. The Morgan fingerprint density at radius 1 is 1.21 bits per heavy atom. The molecule has 2 aromatic carbocycles. The quantitative estimate of drug-likeness (QED) is 0.310. The minimum Gasteiger partial charge on any atom is -0.324 e. The van der Waals surface area contributed by atoms with Crippen molar-refractivity contribution in [2.24, 2.45) is 0 Å². The van der Waals surface area contributed by atoms with E-state index in [0.717, 1.165) is 5.56 Å². The Hall–Kier alpha value is -2.62. The third-order valence-corrected chi connectivity index (χ3v) is 5.44. The second-order valence-electron chi connectivity index (χ2n) is 5.82. The monoisotopic (exact) mass is 451 g/mol. The largest absolute Gasteiger partial charge is 0.324 e. The number of benzene rings is 2. The number of non-ortho nitro benzene ring substituents is 1. The number of carbonyl (C=O) groups is 1.